The van der Waals surface area contributed by atoms with Crippen LogP contribution in [-0.4, -0.2) is 31.4 Å². The van der Waals surface area contributed by atoms with Gasteiger partial charge in [-0.25, -0.2) is 4.98 Å². The van der Waals surface area contributed by atoms with Crippen molar-refractivity contribution >= 4 is 80.5 Å². The molecule has 0 aliphatic rings. The number of nitrogens with zero attached hydrogens (tertiary/aromatic N) is 4. The fourth-order valence-corrected chi connectivity index (χ4v) is 5.41. The van der Waals surface area contributed by atoms with Crippen molar-refractivity contribution < 1.29 is 9.53 Å². The summed E-state index contributed by atoms with van der Waals surface area (Å²) in [5.74, 6) is 0.986. The molecule has 13 heteroatoms. The van der Waals surface area contributed by atoms with Crippen LogP contribution < -0.4 is 10.1 Å². The molecular weight excluding hydrogens is 572 g/mol. The Labute approximate surface area is 229 Å². The molecule has 0 atom stereocenters. The first-order valence-electron chi connectivity index (χ1n) is 10.2. The summed E-state index contributed by atoms with van der Waals surface area (Å²) in [6.07, 6.45) is 0. The predicted octanol–water partition coefficient (Wildman–Crippen LogP) is 7.34. The second-order valence-corrected chi connectivity index (χ2v) is 10.5. The molecule has 0 radical (unpaired) electrons. The van der Waals surface area contributed by atoms with Crippen molar-refractivity contribution in [3.63, 3.8) is 0 Å². The van der Waals surface area contributed by atoms with Gasteiger partial charge >= 0.3 is 0 Å². The van der Waals surface area contributed by atoms with E-state index in [-0.39, 0.29) is 18.3 Å². The SMILES string of the molecule is CCn1c(COc2cc(Cl)ccc2Cl)nnc1SCC(=O)Nc1nc(-c2ccc(Cl)cc2Cl)cs1. The fourth-order valence-electron chi connectivity index (χ4n) is 3.02. The number of amides is 1. The number of carbonyl (C=O) groups is 1. The number of nitrogens with one attached hydrogen (secondary N) is 1. The van der Waals surface area contributed by atoms with Gasteiger partial charge in [-0.15, -0.1) is 21.5 Å². The first-order chi connectivity index (χ1) is 16.8. The molecular formula is C22H17Cl4N5O2S2. The van der Waals surface area contributed by atoms with E-state index < -0.39 is 0 Å². The Morgan fingerprint density at radius 2 is 1.86 bits per heavy atom. The summed E-state index contributed by atoms with van der Waals surface area (Å²) in [5.41, 5.74) is 1.40. The molecule has 35 heavy (non-hydrogen) atoms. The van der Waals surface area contributed by atoms with Crippen molar-refractivity contribution in [3.8, 4) is 17.0 Å². The lowest BCUT2D eigenvalue weighted by Gasteiger charge is -2.10. The van der Waals surface area contributed by atoms with Crippen molar-refractivity contribution in [2.75, 3.05) is 11.1 Å². The zero-order valence-electron chi connectivity index (χ0n) is 18.1. The standard InChI is InChI=1S/C22H17Cl4N5O2S2/c1-2-31-19(9-33-18-8-13(24)4-6-15(18)25)29-30-22(31)35-11-20(32)28-21-27-17(10-34-21)14-5-3-12(23)7-16(14)26/h3-8,10H,2,9,11H2,1H3,(H,27,28,32). The highest BCUT2D eigenvalue weighted by molar-refractivity contribution is 7.99. The summed E-state index contributed by atoms with van der Waals surface area (Å²) in [5, 5.41) is 16.1. The maximum atomic E-state index is 12.5. The summed E-state index contributed by atoms with van der Waals surface area (Å²) in [6.45, 7) is 2.72. The van der Waals surface area contributed by atoms with E-state index in [0.29, 0.717) is 54.2 Å². The fraction of sp³-hybridized carbons (Fsp3) is 0.182. The zero-order valence-corrected chi connectivity index (χ0v) is 22.8. The summed E-state index contributed by atoms with van der Waals surface area (Å²) in [7, 11) is 0. The minimum absolute atomic E-state index is 0.135. The summed E-state index contributed by atoms with van der Waals surface area (Å²) in [4.78, 5) is 17.0. The van der Waals surface area contributed by atoms with Crippen molar-refractivity contribution in [3.05, 3.63) is 67.7 Å². The maximum absolute atomic E-state index is 12.5. The molecule has 0 spiro atoms. The average molecular weight is 589 g/mol. The first-order valence-corrected chi connectivity index (χ1v) is 13.5. The van der Waals surface area contributed by atoms with E-state index in [2.05, 4.69) is 20.5 Å². The largest absolute Gasteiger partial charge is 0.484 e. The number of aromatic nitrogens is 4. The van der Waals surface area contributed by atoms with Crippen LogP contribution in [0.1, 0.15) is 12.7 Å². The lowest BCUT2D eigenvalue weighted by molar-refractivity contribution is -0.113. The third-order valence-electron chi connectivity index (χ3n) is 4.65. The van der Waals surface area contributed by atoms with Gasteiger partial charge in [0.2, 0.25) is 5.91 Å². The molecule has 0 aliphatic carbocycles. The van der Waals surface area contributed by atoms with Gasteiger partial charge < -0.3 is 14.6 Å². The number of thiazole rings is 1. The number of carbonyl (C=O) groups excluding carboxylic acids is 1. The van der Waals surface area contributed by atoms with E-state index in [9.17, 15) is 4.79 Å². The number of halogens is 4. The van der Waals surface area contributed by atoms with Crippen LogP contribution in [0.5, 0.6) is 5.75 Å². The molecule has 182 valence electrons. The van der Waals surface area contributed by atoms with Crippen LogP contribution in [0, 0.1) is 0 Å². The van der Waals surface area contributed by atoms with Gasteiger partial charge in [-0.3, -0.25) is 4.79 Å². The van der Waals surface area contributed by atoms with E-state index in [1.54, 1.807) is 36.4 Å². The molecule has 0 saturated heterocycles. The maximum Gasteiger partial charge on any atom is 0.236 e. The number of rotatable bonds is 9. The molecule has 4 aromatic rings. The highest BCUT2D eigenvalue weighted by atomic mass is 35.5. The van der Waals surface area contributed by atoms with Gasteiger partial charge in [0.1, 0.15) is 12.4 Å². The normalized spacial score (nSPS) is 11.0. The Morgan fingerprint density at radius 1 is 1.09 bits per heavy atom. The minimum atomic E-state index is -0.215. The van der Waals surface area contributed by atoms with E-state index in [1.807, 2.05) is 16.9 Å². The second kappa shape index (κ2) is 11.8. The molecule has 0 fully saturated rings. The topological polar surface area (TPSA) is 81.9 Å². The highest BCUT2D eigenvalue weighted by Crippen LogP contribution is 2.32. The molecule has 2 aromatic carbocycles. The molecule has 2 heterocycles. The lowest BCUT2D eigenvalue weighted by Crippen LogP contribution is -2.14. The van der Waals surface area contributed by atoms with Gasteiger partial charge in [0, 0.05) is 33.6 Å². The Kier molecular flexibility index (Phi) is 8.80. The number of ether oxygens (including phenoxy) is 1. The predicted molar refractivity (Wildman–Crippen MR) is 143 cm³/mol. The van der Waals surface area contributed by atoms with E-state index >= 15 is 0 Å². The minimum Gasteiger partial charge on any atom is -0.484 e. The Bertz CT molecular complexity index is 1360. The molecule has 0 saturated carbocycles. The smallest absolute Gasteiger partial charge is 0.236 e. The molecule has 0 unspecified atom stereocenters. The van der Waals surface area contributed by atoms with Crippen molar-refractivity contribution in [2.45, 2.75) is 25.2 Å². The number of hydrogen-bond donors (Lipinski definition) is 1. The number of hydrogen-bond acceptors (Lipinski definition) is 7. The monoisotopic (exact) mass is 587 g/mol. The molecule has 4 rings (SSSR count). The summed E-state index contributed by atoms with van der Waals surface area (Å²) < 4.78 is 7.64. The van der Waals surface area contributed by atoms with Crippen LogP contribution in [0.3, 0.4) is 0 Å². The van der Waals surface area contributed by atoms with Gasteiger partial charge in [0.25, 0.3) is 0 Å². The third-order valence-corrected chi connectivity index (χ3v) is 7.47. The molecule has 0 bridgehead atoms. The van der Waals surface area contributed by atoms with Crippen LogP contribution in [0.2, 0.25) is 20.1 Å². The summed E-state index contributed by atoms with van der Waals surface area (Å²) in [6, 6.07) is 10.2. The lowest BCUT2D eigenvalue weighted by atomic mass is 10.2. The van der Waals surface area contributed by atoms with Crippen LogP contribution >= 0.6 is 69.5 Å². The molecule has 2 aromatic heterocycles. The third kappa shape index (κ3) is 6.61. The highest BCUT2D eigenvalue weighted by Gasteiger charge is 2.16. The number of anilines is 1. The van der Waals surface area contributed by atoms with E-state index in [0.717, 1.165) is 5.56 Å². The number of benzene rings is 2. The zero-order chi connectivity index (χ0) is 24.9. The van der Waals surface area contributed by atoms with Gasteiger partial charge in [0.05, 0.1) is 21.5 Å². The van der Waals surface area contributed by atoms with Gasteiger partial charge in [0.15, 0.2) is 16.1 Å². The van der Waals surface area contributed by atoms with Gasteiger partial charge in [-0.2, -0.15) is 0 Å². The van der Waals surface area contributed by atoms with Gasteiger partial charge in [-0.05, 0) is 37.3 Å². The molecule has 7 nitrogen and oxygen atoms in total. The van der Waals surface area contributed by atoms with Crippen molar-refractivity contribution in [1.82, 2.24) is 19.7 Å². The van der Waals surface area contributed by atoms with Crippen molar-refractivity contribution in [2.24, 2.45) is 0 Å². The first kappa shape index (κ1) is 26.1. The summed E-state index contributed by atoms with van der Waals surface area (Å²) >= 11 is 26.9. The van der Waals surface area contributed by atoms with Crippen LogP contribution in [0.15, 0.2) is 46.9 Å². The Hall–Kier alpha value is -2.01. The average Bonchev–Trinajstić information content (AvgIpc) is 3.44. The Morgan fingerprint density at radius 3 is 2.63 bits per heavy atom. The quantitative estimate of drug-likeness (QED) is 0.206. The van der Waals surface area contributed by atoms with Crippen LogP contribution in [0.4, 0.5) is 5.13 Å². The molecule has 1 N–H and O–H groups in total. The van der Waals surface area contributed by atoms with Crippen LogP contribution in [-0.2, 0) is 17.9 Å². The van der Waals surface area contributed by atoms with Crippen molar-refractivity contribution in [1.29, 1.82) is 0 Å². The van der Waals surface area contributed by atoms with Gasteiger partial charge in [-0.1, -0.05) is 58.2 Å². The molecule has 1 amide bonds. The molecule has 0 aliphatic heterocycles. The number of thioether (sulfide) groups is 1. The van der Waals surface area contributed by atoms with E-state index in [1.165, 1.54) is 23.1 Å². The Balaban J connectivity index is 1.35. The second-order valence-electron chi connectivity index (χ2n) is 7.01. The van der Waals surface area contributed by atoms with E-state index in [4.69, 9.17) is 51.1 Å². The van der Waals surface area contributed by atoms with Crippen LogP contribution in [0.25, 0.3) is 11.3 Å².